The van der Waals surface area contributed by atoms with E-state index in [1.54, 1.807) is 105 Å². The number of aromatic amines is 3. The van der Waals surface area contributed by atoms with Crippen LogP contribution in [0.2, 0.25) is 0 Å². The number of ketones is 3. The summed E-state index contributed by atoms with van der Waals surface area (Å²) in [7, 11) is 5.37. The summed E-state index contributed by atoms with van der Waals surface area (Å²) < 4.78 is 0. The van der Waals surface area contributed by atoms with E-state index in [1.807, 2.05) is 13.8 Å². The van der Waals surface area contributed by atoms with Gasteiger partial charge in [0.25, 0.3) is 0 Å². The van der Waals surface area contributed by atoms with Crippen molar-refractivity contribution < 1.29 is 86.6 Å². The molecule has 2 fully saturated rings. The van der Waals surface area contributed by atoms with Crippen LogP contribution in [0.1, 0.15) is 167 Å². The maximum absolute atomic E-state index is 15.7. The number of rotatable bonds is 27. The Morgan fingerprint density at radius 2 is 1.14 bits per heavy atom. The first-order valence-electron chi connectivity index (χ1n) is 45.3. The highest BCUT2D eigenvalue weighted by Crippen LogP contribution is 2.35. The van der Waals surface area contributed by atoms with Gasteiger partial charge in [-0.05, 0) is 93.5 Å². The molecule has 19 N–H and O–H groups in total. The fourth-order valence-corrected chi connectivity index (χ4v) is 17.7. The number of nitrogens with two attached hydrogens (primary N) is 3. The van der Waals surface area contributed by atoms with Gasteiger partial charge in [-0.25, -0.2) is 4.98 Å². The lowest BCUT2D eigenvalue weighted by atomic mass is 9.84. The van der Waals surface area contributed by atoms with Gasteiger partial charge in [0.2, 0.25) is 82.7 Å². The Morgan fingerprint density at radius 3 is 1.74 bits per heavy atom. The number of nitrogens with one attached hydrogen (secondary N) is 12. The minimum atomic E-state index is -1.84. The standard InChI is InChI=1S/C93H131N21O18S/c1-11-13-31-73-76(117)43-57(26-22-36-99-92(96)97)83(124)109-72(75(116)33-34-78(94)119)51-133-52-81(122)104-68(39-56-24-16-15-17-25-56)88(129)111(8)55(5)82(123)105-70(45-79(95)120)90(131)114-37-23-35-93(114,6)77(118)44-58(40-61-48-98-53-102-61)84(125)106-67(38-54(3)4)87(128)110(7)49-80(121)103-66(41-59-46-100-64-29-20-18-27-62(59)64)85(126)108-71(50-115)86(127)107-69(42-60-47-101-65-30-21-19-28-63(60)65)89(130)113(10)74(32-14-12-2)91(132)112(73)9/h15-21,24-25,27-30,46-48,53-55,57-58,66-74,100-101,115H,11-14,22-23,26,31-45,49-52H2,1-10H3,(H2,94,119)(H2,95,120)(H,98,102)(H,103,121)(H,104,122)(H,105,123)(H,106,125)(H,107,127)(H,108,126)(H,109,124)(H4,96,97,99)/t55-,57+,58+,66-,67-,68-,69-,70-,71-,72-,73-,74-,93-/m0/s1. The third-order valence-electron chi connectivity index (χ3n) is 24.6. The lowest BCUT2D eigenvalue weighted by Crippen LogP contribution is -2.60. The number of amides is 14. The molecule has 2 saturated heterocycles. The van der Waals surface area contributed by atoms with E-state index >= 15 is 43.2 Å². The molecule has 133 heavy (non-hydrogen) atoms. The number of thioether (sulfide) groups is 1. The first-order chi connectivity index (χ1) is 63.3. The van der Waals surface area contributed by atoms with Crippen LogP contribution in [0.25, 0.3) is 21.8 Å². The Kier molecular flexibility index (Phi) is 40.2. The number of para-hydroxylation sites is 2. The van der Waals surface area contributed by atoms with Gasteiger partial charge in [-0.1, -0.05) is 120 Å². The van der Waals surface area contributed by atoms with E-state index in [0.717, 1.165) is 21.6 Å². The predicted molar refractivity (Wildman–Crippen MR) is 498 cm³/mol. The zero-order chi connectivity index (χ0) is 97.5. The molecule has 3 aromatic carbocycles. The van der Waals surface area contributed by atoms with Gasteiger partial charge in [-0.15, -0.1) is 11.8 Å². The number of primary amides is 2. The van der Waals surface area contributed by atoms with E-state index in [9.17, 15) is 43.5 Å². The molecule has 2 aliphatic heterocycles. The average molecular weight is 1860 g/mol. The Morgan fingerprint density at radius 1 is 0.579 bits per heavy atom. The summed E-state index contributed by atoms with van der Waals surface area (Å²) in [6.45, 7) is 8.33. The molecule has 722 valence electrons. The number of carbonyl (C=O) groups excluding carboxylic acids is 17. The number of guanidine groups is 1. The van der Waals surface area contributed by atoms with Crippen LogP contribution in [0, 0.1) is 23.2 Å². The van der Waals surface area contributed by atoms with E-state index in [0.29, 0.717) is 69.9 Å². The Balaban J connectivity index is 1.19. The first-order valence-corrected chi connectivity index (χ1v) is 46.4. The van der Waals surface area contributed by atoms with Crippen LogP contribution in [0.15, 0.2) is 104 Å². The van der Waals surface area contributed by atoms with Gasteiger partial charge in [0, 0.05) is 150 Å². The molecule has 39 nitrogen and oxygen atoms in total. The summed E-state index contributed by atoms with van der Waals surface area (Å²) in [5.74, 6) is -18.0. The van der Waals surface area contributed by atoms with Crippen molar-refractivity contribution in [3.05, 3.63) is 126 Å². The van der Waals surface area contributed by atoms with Crippen LogP contribution in [-0.4, -0.2) is 287 Å². The molecular weight excluding hydrogens is 1730 g/mol. The molecule has 13 atom stereocenters. The number of Topliss-reactive ketones (excluding diaryl/α,β-unsaturated/α-hetero) is 3. The minimum absolute atomic E-state index is 0.00145. The van der Waals surface area contributed by atoms with Gasteiger partial charge in [0.1, 0.15) is 48.3 Å². The molecule has 5 heterocycles. The molecule has 40 heteroatoms. The van der Waals surface area contributed by atoms with Gasteiger partial charge < -0.3 is 104 Å². The monoisotopic (exact) mass is 1860 g/mol. The SMILES string of the molecule is CCCC[C@H]1C(=O)N(C)[C@@H](CCCC)C(=O)C[C@@H](CCCNC(=N)N)C(=O)N[C@H](C(=O)CCC(N)=O)CSCC(=O)N[C@@H](Cc2ccccc2)C(=O)N(C)[C@@H](C)C(=O)N[C@@H](CC(N)=O)C(=O)N2CCC[C@@]2(C)C(=O)C[C@@H](Cc2cnc[nH]2)C(=O)N[C@@H](CC(C)C)C(=O)N(C)CC(=O)N[C@@H](Cc2c[nH]c3ccccc23)C(=O)N[C@@H](CO)C(=O)N[C@@H](Cc2c[nH]c3ccccc23)C(=O)N1C. The van der Waals surface area contributed by atoms with Crippen LogP contribution in [0.5, 0.6) is 0 Å². The third kappa shape index (κ3) is 30.1. The van der Waals surface area contributed by atoms with Crippen molar-refractivity contribution in [2.75, 3.05) is 65.9 Å². The lowest BCUT2D eigenvalue weighted by molar-refractivity contribution is -0.149. The van der Waals surface area contributed by atoms with Gasteiger partial charge >= 0.3 is 0 Å². The molecule has 0 radical (unpaired) electrons. The van der Waals surface area contributed by atoms with Gasteiger partial charge in [0.05, 0.1) is 55.2 Å². The molecular formula is C93H131N21O18S. The molecule has 2 aliphatic rings. The number of benzene rings is 3. The number of aromatic nitrogens is 4. The second-order valence-corrected chi connectivity index (χ2v) is 36.2. The number of likely N-dealkylation sites (N-methyl/N-ethyl adjacent to an activating group) is 4. The van der Waals surface area contributed by atoms with Gasteiger partial charge in [0.15, 0.2) is 23.3 Å². The van der Waals surface area contributed by atoms with Crippen molar-refractivity contribution >= 4 is 140 Å². The number of hydrogen-bond donors (Lipinski definition) is 16. The van der Waals surface area contributed by atoms with E-state index in [2.05, 4.69) is 62.5 Å². The molecule has 0 spiro atoms. The van der Waals surface area contributed by atoms with Crippen molar-refractivity contribution in [3.63, 3.8) is 0 Å². The summed E-state index contributed by atoms with van der Waals surface area (Å²) in [6.07, 6.45) is 4.81. The minimum Gasteiger partial charge on any atom is -0.394 e. The van der Waals surface area contributed by atoms with Crippen LogP contribution < -0.4 is 59.7 Å². The van der Waals surface area contributed by atoms with Gasteiger partial charge in [-0.3, -0.25) is 86.9 Å². The molecule has 0 bridgehead atoms. The number of fused-ring (bicyclic) bond motifs is 3. The van der Waals surface area contributed by atoms with Gasteiger partial charge in [-0.2, -0.15) is 0 Å². The molecule has 6 aromatic rings. The zero-order valence-electron chi connectivity index (χ0n) is 77.4. The van der Waals surface area contributed by atoms with Crippen molar-refractivity contribution in [1.82, 2.24) is 87.0 Å². The summed E-state index contributed by atoms with van der Waals surface area (Å²) in [6, 6.07) is 7.88. The number of carbonyl (C=O) groups is 17. The number of imidazole rings is 1. The maximum Gasteiger partial charge on any atom is 0.246 e. The topological polar surface area (TPSA) is 585 Å². The molecule has 3 aromatic heterocycles. The second-order valence-electron chi connectivity index (χ2n) is 35.1. The Labute approximate surface area is 777 Å². The molecule has 0 aliphatic carbocycles. The lowest BCUT2D eigenvalue weighted by Gasteiger charge is -2.37. The van der Waals surface area contributed by atoms with E-state index < -0.39 is 229 Å². The summed E-state index contributed by atoms with van der Waals surface area (Å²) in [5.41, 5.74) is 18.6. The molecule has 0 unspecified atom stereocenters. The van der Waals surface area contributed by atoms with Crippen LogP contribution >= 0.6 is 11.8 Å². The highest BCUT2D eigenvalue weighted by atomic mass is 32.2. The van der Waals surface area contributed by atoms with Crippen molar-refractivity contribution in [3.8, 4) is 0 Å². The number of unbranched alkanes of at least 4 members (excludes halogenated alkanes) is 2. The Hall–Kier alpha value is -12.9. The number of hydrogen-bond acceptors (Lipinski definition) is 21. The maximum atomic E-state index is 15.7. The normalized spacial score (nSPS) is 24.1. The molecule has 14 amide bonds. The summed E-state index contributed by atoms with van der Waals surface area (Å²) in [4.78, 5) is 269. The summed E-state index contributed by atoms with van der Waals surface area (Å²) >= 11 is 0.859. The first kappa shape index (κ1) is 105. The van der Waals surface area contributed by atoms with E-state index in [1.165, 1.54) is 69.3 Å². The van der Waals surface area contributed by atoms with Crippen molar-refractivity contribution in [2.45, 2.75) is 236 Å². The zero-order valence-corrected chi connectivity index (χ0v) is 78.2. The smallest absolute Gasteiger partial charge is 0.246 e. The largest absolute Gasteiger partial charge is 0.394 e. The highest BCUT2D eigenvalue weighted by Gasteiger charge is 2.49. The van der Waals surface area contributed by atoms with Crippen LogP contribution in [0.3, 0.4) is 0 Å². The highest BCUT2D eigenvalue weighted by molar-refractivity contribution is 8.00. The third-order valence-corrected chi connectivity index (χ3v) is 25.6. The summed E-state index contributed by atoms with van der Waals surface area (Å²) in [5, 5.41) is 42.0. The van der Waals surface area contributed by atoms with E-state index in [4.69, 9.17) is 22.6 Å². The average Bonchev–Trinajstić information content (AvgIpc) is 1.64. The number of aliphatic hydroxyl groups is 1. The second kappa shape index (κ2) is 50.7. The fourth-order valence-electron chi connectivity index (χ4n) is 16.8. The number of aliphatic hydroxyl groups excluding tert-OH is 1. The number of nitrogens with zero attached hydrogens (tertiary/aromatic N) is 6. The molecule has 0 saturated carbocycles. The van der Waals surface area contributed by atoms with Crippen LogP contribution in [0.4, 0.5) is 0 Å². The van der Waals surface area contributed by atoms with Crippen molar-refractivity contribution in [1.29, 1.82) is 5.41 Å². The molecule has 8 rings (SSSR count). The predicted octanol–water partition coefficient (Wildman–Crippen LogP) is 1.67. The van der Waals surface area contributed by atoms with E-state index in [-0.39, 0.29) is 101 Å². The number of H-pyrrole nitrogens is 3. The van der Waals surface area contributed by atoms with Crippen molar-refractivity contribution in [2.24, 2.45) is 35.0 Å². The quantitative estimate of drug-likeness (QED) is 0.0198. The van der Waals surface area contributed by atoms with Crippen LogP contribution in [-0.2, 0) is 107 Å². The fraction of sp³-hybridized carbons (Fsp3) is 0.538. The Bertz CT molecular complexity index is 5100.